The van der Waals surface area contributed by atoms with Crippen molar-refractivity contribution in [3.8, 4) is 0 Å². The van der Waals surface area contributed by atoms with Crippen LogP contribution in [-0.4, -0.2) is 54.0 Å². The average Bonchev–Trinajstić information content (AvgIpc) is 2.96. The summed E-state index contributed by atoms with van der Waals surface area (Å²) in [6.07, 6.45) is 4.45. The Balaban J connectivity index is 1.80. The van der Waals surface area contributed by atoms with Crippen molar-refractivity contribution in [3.63, 3.8) is 0 Å². The Hall–Kier alpha value is -1.24. The molecule has 96 valence electrons. The largest absolute Gasteiger partial charge is 0.379 e. The monoisotopic (exact) mass is 248 g/mol. The van der Waals surface area contributed by atoms with Gasteiger partial charge >= 0.3 is 0 Å². The molecular weight excluding hydrogens is 232 g/mol. The predicted octanol–water partition coefficient (Wildman–Crippen LogP) is 0.176. The zero-order chi connectivity index (χ0) is 12.0. The van der Waals surface area contributed by atoms with E-state index in [4.69, 9.17) is 9.47 Å². The molecule has 1 aromatic heterocycles. The number of anilines is 1. The molecule has 3 aliphatic rings. The molecule has 6 heteroatoms. The molecule has 2 saturated heterocycles. The van der Waals surface area contributed by atoms with Crippen LogP contribution < -0.4 is 5.32 Å². The Morgan fingerprint density at radius 1 is 1.33 bits per heavy atom. The Morgan fingerprint density at radius 3 is 3.11 bits per heavy atom. The lowest BCUT2D eigenvalue weighted by Crippen LogP contribution is -2.55. The van der Waals surface area contributed by atoms with Gasteiger partial charge in [-0.25, -0.2) is 9.97 Å². The molecule has 0 bridgehead atoms. The summed E-state index contributed by atoms with van der Waals surface area (Å²) in [4.78, 5) is 11.1. The summed E-state index contributed by atoms with van der Waals surface area (Å²) in [5.74, 6) is 0. The van der Waals surface area contributed by atoms with Gasteiger partial charge < -0.3 is 14.8 Å². The lowest BCUT2D eigenvalue weighted by molar-refractivity contribution is -0.0465. The number of morpholine rings is 1. The van der Waals surface area contributed by atoms with Crippen molar-refractivity contribution < 1.29 is 9.47 Å². The molecule has 4 heterocycles. The van der Waals surface area contributed by atoms with E-state index in [2.05, 4.69) is 20.2 Å². The third kappa shape index (κ3) is 1.28. The summed E-state index contributed by atoms with van der Waals surface area (Å²) in [6.45, 7) is 4.22. The maximum absolute atomic E-state index is 5.85. The first kappa shape index (κ1) is 10.7. The van der Waals surface area contributed by atoms with Crippen molar-refractivity contribution in [1.82, 2.24) is 14.9 Å². The maximum atomic E-state index is 5.85. The zero-order valence-electron chi connectivity index (χ0n) is 10.1. The van der Waals surface area contributed by atoms with Crippen LogP contribution in [0.15, 0.2) is 12.5 Å². The van der Waals surface area contributed by atoms with E-state index >= 15 is 0 Å². The molecule has 1 aromatic rings. The number of fused-ring (bicyclic) bond motifs is 3. The van der Waals surface area contributed by atoms with Gasteiger partial charge in [-0.2, -0.15) is 0 Å². The number of aromatic nitrogens is 2. The normalized spacial score (nSPS) is 35.0. The lowest BCUT2D eigenvalue weighted by Gasteiger charge is -2.41. The molecule has 0 amide bonds. The summed E-state index contributed by atoms with van der Waals surface area (Å²) in [5.41, 5.74) is 1.97. The van der Waals surface area contributed by atoms with Crippen LogP contribution in [-0.2, 0) is 15.0 Å². The van der Waals surface area contributed by atoms with Crippen molar-refractivity contribution in [2.45, 2.75) is 18.2 Å². The van der Waals surface area contributed by atoms with Gasteiger partial charge in [-0.15, -0.1) is 0 Å². The van der Waals surface area contributed by atoms with E-state index in [1.807, 2.05) is 6.20 Å². The van der Waals surface area contributed by atoms with Gasteiger partial charge in [-0.3, -0.25) is 4.90 Å². The second-order valence-electron chi connectivity index (χ2n) is 4.95. The van der Waals surface area contributed by atoms with Gasteiger partial charge in [0.25, 0.3) is 0 Å². The third-order valence-corrected chi connectivity index (χ3v) is 4.19. The Morgan fingerprint density at radius 2 is 2.22 bits per heavy atom. The number of hydrogen-bond donors (Lipinski definition) is 1. The van der Waals surface area contributed by atoms with Gasteiger partial charge in [0, 0.05) is 13.1 Å². The van der Waals surface area contributed by atoms with Crippen LogP contribution in [0, 0.1) is 0 Å². The van der Waals surface area contributed by atoms with Crippen LogP contribution in [0.5, 0.6) is 0 Å². The maximum Gasteiger partial charge on any atom is 0.152 e. The molecule has 18 heavy (non-hydrogen) atoms. The quantitative estimate of drug-likeness (QED) is 0.765. The molecule has 2 unspecified atom stereocenters. The molecule has 2 fully saturated rings. The van der Waals surface area contributed by atoms with Gasteiger partial charge in [0.2, 0.25) is 0 Å². The van der Waals surface area contributed by atoms with Crippen molar-refractivity contribution in [1.29, 1.82) is 0 Å². The molecular formula is C12H16N4O2. The second-order valence-corrected chi connectivity index (χ2v) is 4.95. The van der Waals surface area contributed by atoms with Crippen molar-refractivity contribution in [2.75, 3.05) is 38.2 Å². The van der Waals surface area contributed by atoms with E-state index < -0.39 is 0 Å². The van der Waals surface area contributed by atoms with Crippen LogP contribution in [0.25, 0.3) is 0 Å². The summed E-state index contributed by atoms with van der Waals surface area (Å²) in [7, 11) is 0. The highest BCUT2D eigenvalue weighted by Gasteiger charge is 2.56. The number of nitrogens with zero attached hydrogens (tertiary/aromatic N) is 3. The summed E-state index contributed by atoms with van der Waals surface area (Å²) < 4.78 is 11.3. The molecule has 0 aromatic carbocycles. The van der Waals surface area contributed by atoms with Crippen LogP contribution in [0.3, 0.4) is 0 Å². The SMILES string of the molecule is c1ncc2c(n1)C1(N3CCOCC3)CCOC1N2. The van der Waals surface area contributed by atoms with Gasteiger partial charge in [-0.05, 0) is 6.42 Å². The molecule has 0 aliphatic carbocycles. The Bertz CT molecular complexity index is 463. The van der Waals surface area contributed by atoms with E-state index in [0.29, 0.717) is 0 Å². The average molecular weight is 248 g/mol. The fraction of sp³-hybridized carbons (Fsp3) is 0.667. The van der Waals surface area contributed by atoms with E-state index in [0.717, 1.165) is 50.7 Å². The van der Waals surface area contributed by atoms with Crippen molar-refractivity contribution >= 4 is 5.69 Å². The number of nitrogens with one attached hydrogen (secondary N) is 1. The van der Waals surface area contributed by atoms with Crippen LogP contribution >= 0.6 is 0 Å². The number of hydrogen-bond acceptors (Lipinski definition) is 6. The van der Waals surface area contributed by atoms with Crippen LogP contribution in [0.1, 0.15) is 12.1 Å². The highest BCUT2D eigenvalue weighted by Crippen LogP contribution is 2.48. The number of rotatable bonds is 1. The minimum absolute atomic E-state index is 0.00213. The molecule has 0 radical (unpaired) electrons. The summed E-state index contributed by atoms with van der Waals surface area (Å²) >= 11 is 0. The predicted molar refractivity (Wildman–Crippen MR) is 64.1 cm³/mol. The van der Waals surface area contributed by atoms with Crippen molar-refractivity contribution in [2.24, 2.45) is 0 Å². The first-order valence-corrected chi connectivity index (χ1v) is 6.43. The third-order valence-electron chi connectivity index (χ3n) is 4.19. The molecule has 4 rings (SSSR count). The van der Waals surface area contributed by atoms with Gasteiger partial charge in [0.05, 0.1) is 37.4 Å². The number of ether oxygens (including phenoxy) is 2. The van der Waals surface area contributed by atoms with E-state index in [9.17, 15) is 0 Å². The topological polar surface area (TPSA) is 59.5 Å². The molecule has 6 nitrogen and oxygen atoms in total. The first-order chi connectivity index (χ1) is 8.91. The molecule has 2 atom stereocenters. The van der Waals surface area contributed by atoms with Gasteiger partial charge in [0.15, 0.2) is 6.23 Å². The zero-order valence-corrected chi connectivity index (χ0v) is 10.1. The summed E-state index contributed by atoms with van der Waals surface area (Å²) in [5, 5.41) is 3.40. The highest BCUT2D eigenvalue weighted by atomic mass is 16.5. The fourth-order valence-electron chi connectivity index (χ4n) is 3.36. The van der Waals surface area contributed by atoms with E-state index in [-0.39, 0.29) is 11.8 Å². The van der Waals surface area contributed by atoms with Crippen molar-refractivity contribution in [3.05, 3.63) is 18.2 Å². The van der Waals surface area contributed by atoms with Gasteiger partial charge in [0.1, 0.15) is 11.9 Å². The van der Waals surface area contributed by atoms with E-state index in [1.54, 1.807) is 6.33 Å². The van der Waals surface area contributed by atoms with Crippen LogP contribution in [0.4, 0.5) is 5.69 Å². The first-order valence-electron chi connectivity index (χ1n) is 6.43. The molecule has 0 saturated carbocycles. The minimum Gasteiger partial charge on any atom is -0.379 e. The summed E-state index contributed by atoms with van der Waals surface area (Å²) in [6, 6.07) is 0. The Kier molecular flexibility index (Phi) is 2.30. The lowest BCUT2D eigenvalue weighted by atomic mass is 9.90. The second kappa shape index (κ2) is 3.88. The van der Waals surface area contributed by atoms with E-state index in [1.165, 1.54) is 0 Å². The fourth-order valence-corrected chi connectivity index (χ4v) is 3.36. The van der Waals surface area contributed by atoms with Crippen LogP contribution in [0.2, 0.25) is 0 Å². The van der Waals surface area contributed by atoms with Gasteiger partial charge in [-0.1, -0.05) is 0 Å². The molecule has 1 N–H and O–H groups in total. The Labute approximate surface area is 105 Å². The molecule has 0 spiro atoms. The standard InChI is InChI=1S/C12H16N4O2/c1-4-18-11-12(1,16-2-5-17-6-3-16)10-9(15-11)7-13-8-14-10/h7-8,11,15H,1-6H2. The smallest absolute Gasteiger partial charge is 0.152 e. The highest BCUT2D eigenvalue weighted by molar-refractivity contribution is 5.57. The minimum atomic E-state index is -0.123. The molecule has 3 aliphatic heterocycles.